The Morgan fingerprint density at radius 1 is 0.950 bits per heavy atom. The van der Waals surface area contributed by atoms with E-state index in [1.165, 1.54) is 43.2 Å². The number of nitrogens with zero attached hydrogens (tertiary/aromatic N) is 5. The molecule has 3 N–H and O–H groups in total. The zero-order valence-corrected chi connectivity index (χ0v) is 34.8. The Balaban J connectivity index is 0.988. The molecule has 15 nitrogen and oxygen atoms in total. The molecule has 0 radical (unpaired) electrons. The molecule has 1 unspecified atom stereocenters. The zero-order chi connectivity index (χ0) is 41.6. The average Bonchev–Trinajstić information content (AvgIpc) is 3.61. The highest BCUT2D eigenvalue weighted by Crippen LogP contribution is 2.35. The molecule has 316 valence electrons. The van der Waals surface area contributed by atoms with Crippen molar-refractivity contribution < 1.29 is 27.6 Å². The normalized spacial score (nSPS) is 18.6. The van der Waals surface area contributed by atoms with Gasteiger partial charge < -0.3 is 24.7 Å². The van der Waals surface area contributed by atoms with Crippen LogP contribution in [-0.4, -0.2) is 98.2 Å². The smallest absolute Gasteiger partial charge is 0.293 e. The van der Waals surface area contributed by atoms with E-state index >= 15 is 0 Å². The highest BCUT2D eigenvalue weighted by molar-refractivity contribution is 7.90. The van der Waals surface area contributed by atoms with E-state index in [1.54, 1.807) is 30.5 Å². The number of nitrogens with one attached hydrogen (secondary N) is 3. The van der Waals surface area contributed by atoms with Crippen molar-refractivity contribution in [3.05, 3.63) is 111 Å². The molecule has 5 aromatic rings. The van der Waals surface area contributed by atoms with Gasteiger partial charge >= 0.3 is 0 Å². The molecule has 0 spiro atoms. The van der Waals surface area contributed by atoms with E-state index in [-0.39, 0.29) is 22.9 Å². The summed E-state index contributed by atoms with van der Waals surface area (Å²) in [6, 6.07) is 20.8. The van der Waals surface area contributed by atoms with E-state index in [0.29, 0.717) is 37.2 Å². The molecule has 3 fully saturated rings. The van der Waals surface area contributed by atoms with Gasteiger partial charge in [0.25, 0.3) is 21.6 Å². The minimum Gasteiger partial charge on any atom is -0.455 e. The molecule has 3 aliphatic rings. The van der Waals surface area contributed by atoms with E-state index in [4.69, 9.17) is 21.1 Å². The van der Waals surface area contributed by atoms with E-state index < -0.39 is 31.4 Å². The molecule has 2 aromatic heterocycles. The lowest BCUT2D eigenvalue weighted by atomic mass is 10.0. The Labute approximate surface area is 354 Å². The van der Waals surface area contributed by atoms with Gasteiger partial charge in [0.05, 0.1) is 28.2 Å². The molecule has 60 heavy (non-hydrogen) atoms. The number of hydrogen-bond acceptors (Lipinski definition) is 12. The second-order valence-electron chi connectivity index (χ2n) is 15.7. The number of nitro groups is 1. The van der Waals surface area contributed by atoms with Gasteiger partial charge in [-0.05, 0) is 92.2 Å². The largest absolute Gasteiger partial charge is 0.455 e. The number of piperazine rings is 1. The van der Waals surface area contributed by atoms with Gasteiger partial charge in [-0.15, -0.1) is 0 Å². The van der Waals surface area contributed by atoms with Crippen LogP contribution in [0.5, 0.6) is 11.5 Å². The van der Waals surface area contributed by atoms with Crippen LogP contribution >= 0.6 is 11.6 Å². The second kappa shape index (κ2) is 18.6. The summed E-state index contributed by atoms with van der Waals surface area (Å²) in [4.78, 5) is 39.7. The number of likely N-dealkylation sites (tertiary alicyclic amines) is 1. The number of ether oxygens (including phenoxy) is 2. The number of carbonyl (C=O) groups excluding carboxylic acids is 1. The Bertz CT molecular complexity index is 2420. The fourth-order valence-electron chi connectivity index (χ4n) is 8.31. The van der Waals surface area contributed by atoms with Crippen LogP contribution in [0.25, 0.3) is 11.0 Å². The van der Waals surface area contributed by atoms with E-state index in [0.717, 1.165) is 80.8 Å². The average molecular weight is 857 g/mol. The first kappa shape index (κ1) is 41.5. The van der Waals surface area contributed by atoms with E-state index in [9.17, 15) is 23.3 Å². The minimum atomic E-state index is -4.55. The van der Waals surface area contributed by atoms with Gasteiger partial charge in [0.2, 0.25) is 0 Å². The summed E-state index contributed by atoms with van der Waals surface area (Å²) < 4.78 is 41.1. The predicted molar refractivity (Wildman–Crippen MR) is 230 cm³/mol. The number of fused-ring (bicyclic) bond motifs is 1. The fraction of sp³-hybridized carbons (Fsp3) is 0.395. The molecule has 3 aromatic carbocycles. The molecular formula is C43H49ClN8O7S. The third kappa shape index (κ3) is 9.85. The highest BCUT2D eigenvalue weighted by Gasteiger charge is 2.29. The molecule has 17 heteroatoms. The van der Waals surface area contributed by atoms with Gasteiger partial charge in [-0.3, -0.25) is 24.7 Å². The van der Waals surface area contributed by atoms with Crippen molar-refractivity contribution in [3.8, 4) is 11.5 Å². The molecule has 0 saturated carbocycles. The van der Waals surface area contributed by atoms with Crippen molar-refractivity contribution >= 4 is 55.6 Å². The summed E-state index contributed by atoms with van der Waals surface area (Å²) in [6.45, 7) is 6.74. The first-order valence-electron chi connectivity index (χ1n) is 20.5. The number of rotatable bonds is 13. The second-order valence-corrected chi connectivity index (χ2v) is 17.8. The van der Waals surface area contributed by atoms with Gasteiger partial charge in [-0.25, -0.2) is 18.1 Å². The van der Waals surface area contributed by atoms with Crippen LogP contribution in [0, 0.1) is 16.0 Å². The summed E-state index contributed by atoms with van der Waals surface area (Å²) in [5.41, 5.74) is 2.52. The number of hydrogen-bond donors (Lipinski definition) is 3. The maximum absolute atomic E-state index is 13.9. The molecule has 3 aliphatic heterocycles. The number of nitro benzene ring substituents is 1. The Morgan fingerprint density at radius 2 is 1.75 bits per heavy atom. The molecule has 3 saturated heterocycles. The van der Waals surface area contributed by atoms with Gasteiger partial charge in [-0.1, -0.05) is 36.6 Å². The number of sulfonamides is 1. The topological polar surface area (TPSA) is 175 Å². The van der Waals surface area contributed by atoms with Gasteiger partial charge in [-0.2, -0.15) is 0 Å². The minimum absolute atomic E-state index is 0.0335. The Hall–Kier alpha value is -5.26. The van der Waals surface area contributed by atoms with E-state index in [2.05, 4.69) is 46.8 Å². The summed E-state index contributed by atoms with van der Waals surface area (Å²) in [5, 5.41) is 16.7. The molecule has 5 heterocycles. The quantitative estimate of drug-likeness (QED) is 0.0784. The van der Waals surface area contributed by atoms with Crippen molar-refractivity contribution in [1.82, 2.24) is 24.5 Å². The number of aromatic amines is 1. The number of anilines is 2. The molecule has 1 amide bonds. The number of H-pyrrole nitrogens is 1. The van der Waals surface area contributed by atoms with Crippen LogP contribution < -0.4 is 19.7 Å². The van der Waals surface area contributed by atoms with Crippen molar-refractivity contribution in [1.29, 1.82) is 0 Å². The SMILES string of the molecule is O=C(NS(=O)(=O)c1ccc(NCC2CCOCC2)c([N+](=O)[O-])c1)c1ccc(N2CCN(CN3CCCCCC3c3ccc(Cl)cc3)CC2)cc1Oc1cnc2[nH]ccc2c1. The standard InChI is InChI=1S/C43H49ClN8O7S/c44-33-7-5-31(6-8-33)39-4-2-1-3-17-51(39)29-49-18-20-50(21-19-49)34-9-11-37(41(25-34)59-35-24-32-13-16-45-42(32)47-28-35)43(53)48-60(56,57)36-10-12-38(40(26-36)52(54)55)46-27-30-14-22-58-23-15-30/h5-13,16,24-26,28,30,39,46H,1-4,14-15,17-23,27,29H2,(H,45,47)(H,48,53). The number of aromatic nitrogens is 2. The highest BCUT2D eigenvalue weighted by atomic mass is 35.5. The van der Waals surface area contributed by atoms with Crippen molar-refractivity contribution in [2.45, 2.75) is 49.5 Å². The van der Waals surface area contributed by atoms with Crippen LogP contribution in [0.1, 0.15) is 60.5 Å². The predicted octanol–water partition coefficient (Wildman–Crippen LogP) is 7.57. The van der Waals surface area contributed by atoms with Gasteiger partial charge in [0.15, 0.2) is 0 Å². The zero-order valence-electron chi connectivity index (χ0n) is 33.2. The number of pyridine rings is 1. The van der Waals surface area contributed by atoms with Crippen LogP contribution in [0.15, 0.2) is 90.1 Å². The van der Waals surface area contributed by atoms with Gasteiger partial charge in [0.1, 0.15) is 22.8 Å². The number of benzene rings is 3. The Kier molecular flexibility index (Phi) is 12.8. The number of carbonyl (C=O) groups is 1. The first-order valence-corrected chi connectivity index (χ1v) is 22.3. The third-order valence-electron chi connectivity index (χ3n) is 11.7. The maximum Gasteiger partial charge on any atom is 0.293 e. The van der Waals surface area contributed by atoms with Crippen molar-refractivity contribution in [2.75, 3.05) is 69.4 Å². The van der Waals surface area contributed by atoms with Crippen LogP contribution in [0.4, 0.5) is 17.1 Å². The third-order valence-corrected chi connectivity index (χ3v) is 13.3. The lowest BCUT2D eigenvalue weighted by Crippen LogP contribution is -2.50. The molecular weight excluding hydrogens is 808 g/mol. The molecule has 0 bridgehead atoms. The lowest BCUT2D eigenvalue weighted by Gasteiger charge is -2.40. The fourth-order valence-corrected chi connectivity index (χ4v) is 9.42. The van der Waals surface area contributed by atoms with Crippen LogP contribution in [0.3, 0.4) is 0 Å². The van der Waals surface area contributed by atoms with Gasteiger partial charge in [0, 0.05) is 86.4 Å². The summed E-state index contributed by atoms with van der Waals surface area (Å²) >= 11 is 6.22. The number of halogens is 1. The molecule has 0 aliphatic carbocycles. The Morgan fingerprint density at radius 3 is 2.53 bits per heavy atom. The lowest BCUT2D eigenvalue weighted by molar-refractivity contribution is -0.384. The van der Waals surface area contributed by atoms with E-state index in [1.807, 2.05) is 18.2 Å². The van der Waals surface area contributed by atoms with Crippen LogP contribution in [0.2, 0.25) is 5.02 Å². The first-order chi connectivity index (χ1) is 29.1. The monoisotopic (exact) mass is 856 g/mol. The number of amides is 1. The molecule has 8 rings (SSSR count). The maximum atomic E-state index is 13.9. The summed E-state index contributed by atoms with van der Waals surface area (Å²) in [7, 11) is -4.55. The van der Waals surface area contributed by atoms with Crippen molar-refractivity contribution in [2.24, 2.45) is 5.92 Å². The van der Waals surface area contributed by atoms with Crippen LogP contribution in [-0.2, 0) is 14.8 Å². The molecule has 1 atom stereocenters. The summed E-state index contributed by atoms with van der Waals surface area (Å²) in [5.74, 6) is -0.187. The van der Waals surface area contributed by atoms with Crippen molar-refractivity contribution in [3.63, 3.8) is 0 Å². The summed E-state index contributed by atoms with van der Waals surface area (Å²) in [6.07, 6.45) is 9.63.